The fraction of sp³-hybridized carbons (Fsp3) is 0.381. The molecule has 5 heteroatoms. The number of hydrogen-bond donors (Lipinski definition) is 2. The van der Waals surface area contributed by atoms with Crippen LogP contribution in [0.1, 0.15) is 25.3 Å². The maximum atomic E-state index is 12.3. The van der Waals surface area contributed by atoms with E-state index in [1.807, 2.05) is 48.5 Å². The zero-order chi connectivity index (χ0) is 18.6. The molecule has 0 aliphatic heterocycles. The Labute approximate surface area is 154 Å². The third kappa shape index (κ3) is 4.62. The zero-order valence-corrected chi connectivity index (χ0v) is 15.3. The molecule has 5 nitrogen and oxygen atoms in total. The van der Waals surface area contributed by atoms with Crippen LogP contribution in [0.2, 0.25) is 0 Å². The van der Waals surface area contributed by atoms with Gasteiger partial charge in [0.05, 0.1) is 12.1 Å². The van der Waals surface area contributed by atoms with Gasteiger partial charge in [0, 0.05) is 12.8 Å². The maximum Gasteiger partial charge on any atom is 0.244 e. The standard InChI is InChI=1S/C21H26N2O3/c1-21(22,16-5-6-16)20(24)23-17-7-11-19(12-8-17)26-18-9-3-15(4-10-18)13-14-25-2/h3-4,7-12,16H,5-6,13-14,22H2,1-2H3,(H,23,24)/t21-/m0/s1. The summed E-state index contributed by atoms with van der Waals surface area (Å²) in [7, 11) is 1.70. The van der Waals surface area contributed by atoms with Crippen LogP contribution in [-0.2, 0) is 16.0 Å². The molecule has 1 saturated carbocycles. The van der Waals surface area contributed by atoms with E-state index in [9.17, 15) is 4.79 Å². The number of ether oxygens (including phenoxy) is 2. The van der Waals surface area contributed by atoms with Crippen LogP contribution in [0.25, 0.3) is 0 Å². The summed E-state index contributed by atoms with van der Waals surface area (Å²) in [6.07, 6.45) is 2.93. The molecule has 1 aliphatic rings. The number of methoxy groups -OCH3 is 1. The van der Waals surface area contributed by atoms with Gasteiger partial charge in [-0.25, -0.2) is 0 Å². The fourth-order valence-corrected chi connectivity index (χ4v) is 2.82. The van der Waals surface area contributed by atoms with Crippen molar-refractivity contribution in [2.45, 2.75) is 31.7 Å². The maximum absolute atomic E-state index is 12.3. The van der Waals surface area contributed by atoms with E-state index in [-0.39, 0.29) is 11.8 Å². The largest absolute Gasteiger partial charge is 0.457 e. The lowest BCUT2D eigenvalue weighted by Gasteiger charge is -2.23. The molecule has 0 heterocycles. The van der Waals surface area contributed by atoms with Crippen molar-refractivity contribution < 1.29 is 14.3 Å². The van der Waals surface area contributed by atoms with Crippen molar-refractivity contribution in [2.75, 3.05) is 19.0 Å². The van der Waals surface area contributed by atoms with Gasteiger partial charge >= 0.3 is 0 Å². The van der Waals surface area contributed by atoms with Gasteiger partial charge in [-0.05, 0) is 74.1 Å². The van der Waals surface area contributed by atoms with Crippen molar-refractivity contribution in [1.29, 1.82) is 0 Å². The van der Waals surface area contributed by atoms with E-state index in [4.69, 9.17) is 15.2 Å². The van der Waals surface area contributed by atoms with Gasteiger partial charge in [0.15, 0.2) is 0 Å². The number of carbonyl (C=O) groups excluding carboxylic acids is 1. The minimum absolute atomic E-state index is 0.139. The van der Waals surface area contributed by atoms with Crippen LogP contribution < -0.4 is 15.8 Å². The van der Waals surface area contributed by atoms with Gasteiger partial charge in [0.25, 0.3) is 0 Å². The van der Waals surface area contributed by atoms with Crippen LogP contribution >= 0.6 is 0 Å². The molecule has 0 bridgehead atoms. The van der Waals surface area contributed by atoms with Gasteiger partial charge in [-0.15, -0.1) is 0 Å². The first-order chi connectivity index (χ1) is 12.5. The summed E-state index contributed by atoms with van der Waals surface area (Å²) in [6, 6.07) is 15.3. The Kier molecular flexibility index (Phi) is 5.59. The quantitative estimate of drug-likeness (QED) is 0.757. The van der Waals surface area contributed by atoms with Crippen LogP contribution in [0.15, 0.2) is 48.5 Å². The molecule has 0 unspecified atom stereocenters. The number of carbonyl (C=O) groups is 1. The van der Waals surface area contributed by atoms with E-state index in [1.165, 1.54) is 5.56 Å². The van der Waals surface area contributed by atoms with Crippen LogP contribution in [-0.4, -0.2) is 25.2 Å². The molecule has 0 saturated heterocycles. The number of nitrogens with one attached hydrogen (secondary N) is 1. The first-order valence-electron chi connectivity index (χ1n) is 8.95. The van der Waals surface area contributed by atoms with E-state index in [1.54, 1.807) is 14.0 Å². The highest BCUT2D eigenvalue weighted by molar-refractivity contribution is 5.98. The van der Waals surface area contributed by atoms with E-state index >= 15 is 0 Å². The van der Waals surface area contributed by atoms with Gasteiger partial charge < -0.3 is 20.5 Å². The highest BCUT2D eigenvalue weighted by Gasteiger charge is 2.44. The molecule has 0 aromatic heterocycles. The molecule has 1 amide bonds. The number of nitrogens with two attached hydrogens (primary N) is 1. The Balaban J connectivity index is 1.56. The summed E-state index contributed by atoms with van der Waals surface area (Å²) in [6.45, 7) is 2.50. The molecule has 3 rings (SSSR count). The zero-order valence-electron chi connectivity index (χ0n) is 15.3. The van der Waals surface area contributed by atoms with Crippen LogP contribution in [0.5, 0.6) is 11.5 Å². The third-order valence-corrected chi connectivity index (χ3v) is 4.78. The summed E-state index contributed by atoms with van der Waals surface area (Å²) < 4.78 is 10.9. The predicted molar refractivity (Wildman–Crippen MR) is 102 cm³/mol. The van der Waals surface area contributed by atoms with E-state index in [0.29, 0.717) is 12.4 Å². The van der Waals surface area contributed by atoms with Gasteiger partial charge in [-0.1, -0.05) is 12.1 Å². The van der Waals surface area contributed by atoms with E-state index in [2.05, 4.69) is 5.32 Å². The number of benzene rings is 2. The number of rotatable bonds is 8. The summed E-state index contributed by atoms with van der Waals surface area (Å²) in [5.74, 6) is 1.63. The Morgan fingerprint density at radius 3 is 2.23 bits per heavy atom. The van der Waals surface area contributed by atoms with Crippen LogP contribution in [0.3, 0.4) is 0 Å². The monoisotopic (exact) mass is 354 g/mol. The van der Waals surface area contributed by atoms with Crippen LogP contribution in [0, 0.1) is 5.92 Å². The van der Waals surface area contributed by atoms with Crippen molar-refractivity contribution in [2.24, 2.45) is 11.7 Å². The second-order valence-electron chi connectivity index (χ2n) is 7.02. The van der Waals surface area contributed by atoms with Crippen molar-refractivity contribution in [3.8, 4) is 11.5 Å². The molecule has 2 aromatic rings. The molecule has 1 aliphatic carbocycles. The first kappa shape index (κ1) is 18.4. The molecule has 3 N–H and O–H groups in total. The molecule has 1 fully saturated rings. The molecule has 26 heavy (non-hydrogen) atoms. The number of amides is 1. The molecule has 2 aromatic carbocycles. The lowest BCUT2D eigenvalue weighted by Crippen LogP contribution is -2.50. The average Bonchev–Trinajstić information content (AvgIpc) is 3.48. The van der Waals surface area contributed by atoms with Crippen molar-refractivity contribution in [3.63, 3.8) is 0 Å². The predicted octanol–water partition coefficient (Wildman–Crippen LogP) is 3.73. The highest BCUT2D eigenvalue weighted by atomic mass is 16.5. The Bertz CT molecular complexity index is 735. The van der Waals surface area contributed by atoms with E-state index < -0.39 is 5.54 Å². The summed E-state index contributed by atoms with van der Waals surface area (Å²) in [5, 5.41) is 2.89. The van der Waals surface area contributed by atoms with Crippen molar-refractivity contribution in [3.05, 3.63) is 54.1 Å². The smallest absolute Gasteiger partial charge is 0.244 e. The van der Waals surface area contributed by atoms with Gasteiger partial charge in [0.2, 0.25) is 5.91 Å². The number of hydrogen-bond acceptors (Lipinski definition) is 4. The minimum Gasteiger partial charge on any atom is -0.457 e. The van der Waals surface area contributed by atoms with E-state index in [0.717, 1.165) is 30.7 Å². The fourth-order valence-electron chi connectivity index (χ4n) is 2.82. The van der Waals surface area contributed by atoms with Gasteiger partial charge in [-0.2, -0.15) is 0 Å². The minimum atomic E-state index is -0.806. The van der Waals surface area contributed by atoms with Crippen LogP contribution in [0.4, 0.5) is 5.69 Å². The highest BCUT2D eigenvalue weighted by Crippen LogP contribution is 2.38. The lowest BCUT2D eigenvalue weighted by molar-refractivity contribution is -0.121. The normalized spacial score (nSPS) is 16.0. The first-order valence-corrected chi connectivity index (χ1v) is 8.95. The summed E-state index contributed by atoms with van der Waals surface area (Å²) in [4.78, 5) is 12.3. The second-order valence-corrected chi connectivity index (χ2v) is 7.02. The topological polar surface area (TPSA) is 73.6 Å². The third-order valence-electron chi connectivity index (χ3n) is 4.78. The van der Waals surface area contributed by atoms with Gasteiger partial charge in [-0.3, -0.25) is 4.79 Å². The molecule has 1 atom stereocenters. The second kappa shape index (κ2) is 7.89. The Hall–Kier alpha value is -2.37. The summed E-state index contributed by atoms with van der Waals surface area (Å²) >= 11 is 0. The Morgan fingerprint density at radius 1 is 1.12 bits per heavy atom. The molecular weight excluding hydrogens is 328 g/mol. The average molecular weight is 354 g/mol. The summed E-state index contributed by atoms with van der Waals surface area (Å²) in [5.41, 5.74) is 7.26. The van der Waals surface area contributed by atoms with Gasteiger partial charge in [0.1, 0.15) is 11.5 Å². The number of anilines is 1. The molecule has 138 valence electrons. The van der Waals surface area contributed by atoms with Crippen molar-refractivity contribution in [1.82, 2.24) is 0 Å². The lowest BCUT2D eigenvalue weighted by atomic mass is 9.96. The SMILES string of the molecule is COCCc1ccc(Oc2ccc(NC(=O)[C@@](C)(N)C3CC3)cc2)cc1. The van der Waals surface area contributed by atoms with Crippen molar-refractivity contribution >= 4 is 11.6 Å². The molecular formula is C21H26N2O3. The molecule has 0 radical (unpaired) electrons. The Morgan fingerprint density at radius 2 is 1.69 bits per heavy atom. The molecule has 0 spiro atoms.